The van der Waals surface area contributed by atoms with Gasteiger partial charge in [0.1, 0.15) is 0 Å². The minimum absolute atomic E-state index is 0.0305. The van der Waals surface area contributed by atoms with E-state index >= 15 is 0 Å². The number of amides is 1. The molecule has 0 N–H and O–H groups in total. The summed E-state index contributed by atoms with van der Waals surface area (Å²) in [6.45, 7) is 4.72. The smallest absolute Gasteiger partial charge is 0.261 e. The molecule has 1 aliphatic heterocycles. The Hall–Kier alpha value is -3.81. The summed E-state index contributed by atoms with van der Waals surface area (Å²) in [5.74, 6) is 0.646. The Labute approximate surface area is 178 Å². The molecule has 1 amide bonds. The van der Waals surface area contributed by atoms with Gasteiger partial charge in [-0.1, -0.05) is 23.4 Å². The van der Waals surface area contributed by atoms with Gasteiger partial charge in [-0.25, -0.2) is 4.98 Å². The fraction of sp³-hybridized carbons (Fsp3) is 0.261. The molecular formula is C23H21N5O3. The fourth-order valence-corrected chi connectivity index (χ4v) is 3.88. The molecule has 3 heterocycles. The Morgan fingerprint density at radius 3 is 2.77 bits per heavy atom. The van der Waals surface area contributed by atoms with Gasteiger partial charge >= 0.3 is 0 Å². The number of hydrogen-bond acceptors (Lipinski definition) is 6. The van der Waals surface area contributed by atoms with E-state index in [-0.39, 0.29) is 23.9 Å². The number of carbonyl (C=O) groups is 1. The van der Waals surface area contributed by atoms with Crippen LogP contribution in [0.1, 0.15) is 35.2 Å². The van der Waals surface area contributed by atoms with Gasteiger partial charge in [-0.3, -0.25) is 14.2 Å². The average Bonchev–Trinajstić information content (AvgIpc) is 3.39. The lowest BCUT2D eigenvalue weighted by Gasteiger charge is -2.17. The fourth-order valence-electron chi connectivity index (χ4n) is 3.88. The lowest BCUT2D eigenvalue weighted by atomic mass is 10.1. The summed E-state index contributed by atoms with van der Waals surface area (Å²) in [5.41, 5.74) is 3.70. The number of aryl methyl sites for hydroxylation is 2. The van der Waals surface area contributed by atoms with Crippen molar-refractivity contribution in [3.63, 3.8) is 0 Å². The van der Waals surface area contributed by atoms with Crippen LogP contribution in [0.2, 0.25) is 0 Å². The van der Waals surface area contributed by atoms with Gasteiger partial charge in [0.2, 0.25) is 11.8 Å². The molecule has 5 rings (SSSR count). The quantitative estimate of drug-likeness (QED) is 0.509. The highest BCUT2D eigenvalue weighted by Gasteiger charge is 2.35. The summed E-state index contributed by atoms with van der Waals surface area (Å²) in [6.07, 6.45) is 1.80. The summed E-state index contributed by atoms with van der Waals surface area (Å²) in [5, 5.41) is 4.56. The van der Waals surface area contributed by atoms with Crippen molar-refractivity contribution < 1.29 is 9.32 Å². The van der Waals surface area contributed by atoms with Gasteiger partial charge in [0, 0.05) is 18.7 Å². The molecule has 2 aromatic carbocycles. The molecule has 0 radical (unpaired) electrons. The highest BCUT2D eigenvalue weighted by atomic mass is 16.5. The normalized spacial score (nSPS) is 16.4. The molecule has 156 valence electrons. The van der Waals surface area contributed by atoms with Crippen molar-refractivity contribution in [2.75, 3.05) is 11.4 Å². The molecule has 1 aliphatic rings. The first-order chi connectivity index (χ1) is 15.0. The number of carbonyl (C=O) groups excluding carboxylic acids is 1. The largest absolute Gasteiger partial charge is 0.339 e. The molecule has 0 saturated carbocycles. The number of aromatic nitrogens is 4. The molecule has 31 heavy (non-hydrogen) atoms. The second-order valence-corrected chi connectivity index (χ2v) is 7.92. The Morgan fingerprint density at radius 1 is 1.10 bits per heavy atom. The second-order valence-electron chi connectivity index (χ2n) is 7.92. The van der Waals surface area contributed by atoms with Crippen LogP contribution >= 0.6 is 0 Å². The number of fused-ring (bicyclic) bond motifs is 1. The van der Waals surface area contributed by atoms with E-state index in [2.05, 4.69) is 15.1 Å². The van der Waals surface area contributed by atoms with Crippen LogP contribution in [-0.2, 0) is 11.3 Å². The van der Waals surface area contributed by atoms with E-state index in [1.807, 2.05) is 38.1 Å². The zero-order chi connectivity index (χ0) is 21.5. The first kappa shape index (κ1) is 19.2. The van der Waals surface area contributed by atoms with Crippen molar-refractivity contribution in [3.05, 3.63) is 82.0 Å². The topological polar surface area (TPSA) is 94.1 Å². The highest BCUT2D eigenvalue weighted by molar-refractivity contribution is 5.96. The minimum Gasteiger partial charge on any atom is -0.339 e. The number of anilines is 1. The summed E-state index contributed by atoms with van der Waals surface area (Å²) in [4.78, 5) is 35.8. The SMILES string of the molecule is Cc1ccc(N2C[C@@H](c3nc(Cn4cnc5ccccc5c4=O)no3)CC2=O)cc1C. The first-order valence-electron chi connectivity index (χ1n) is 10.1. The maximum absolute atomic E-state index is 12.7. The van der Waals surface area contributed by atoms with Crippen molar-refractivity contribution in [1.82, 2.24) is 19.7 Å². The third-order valence-electron chi connectivity index (χ3n) is 5.80. The van der Waals surface area contributed by atoms with Gasteiger partial charge in [-0.15, -0.1) is 0 Å². The Bertz CT molecular complexity index is 1360. The molecule has 2 aromatic heterocycles. The monoisotopic (exact) mass is 415 g/mol. The molecule has 0 unspecified atom stereocenters. The zero-order valence-corrected chi connectivity index (χ0v) is 17.3. The number of benzene rings is 2. The minimum atomic E-state index is -0.179. The summed E-state index contributed by atoms with van der Waals surface area (Å²) >= 11 is 0. The van der Waals surface area contributed by atoms with Crippen molar-refractivity contribution in [2.24, 2.45) is 0 Å². The lowest BCUT2D eigenvalue weighted by molar-refractivity contribution is -0.117. The van der Waals surface area contributed by atoms with Crippen molar-refractivity contribution in [3.8, 4) is 0 Å². The van der Waals surface area contributed by atoms with E-state index in [0.29, 0.717) is 35.6 Å². The first-order valence-corrected chi connectivity index (χ1v) is 10.1. The Kier molecular flexibility index (Phi) is 4.62. The predicted molar refractivity (Wildman–Crippen MR) is 115 cm³/mol. The molecule has 8 heteroatoms. The van der Waals surface area contributed by atoms with Gasteiger partial charge in [0.25, 0.3) is 5.56 Å². The van der Waals surface area contributed by atoms with Crippen LogP contribution in [0.15, 0.2) is 58.1 Å². The average molecular weight is 415 g/mol. The van der Waals surface area contributed by atoms with E-state index in [1.54, 1.807) is 23.1 Å². The molecular weight excluding hydrogens is 394 g/mol. The maximum atomic E-state index is 12.7. The molecule has 1 atom stereocenters. The summed E-state index contributed by atoms with van der Waals surface area (Å²) in [7, 11) is 0. The van der Waals surface area contributed by atoms with E-state index in [1.165, 1.54) is 16.5 Å². The van der Waals surface area contributed by atoms with E-state index in [4.69, 9.17) is 4.52 Å². The maximum Gasteiger partial charge on any atom is 0.261 e. The van der Waals surface area contributed by atoms with Crippen LogP contribution < -0.4 is 10.5 Å². The molecule has 0 aliphatic carbocycles. The van der Waals surface area contributed by atoms with Crippen molar-refractivity contribution >= 4 is 22.5 Å². The Balaban J connectivity index is 1.35. The number of para-hydroxylation sites is 1. The van der Waals surface area contributed by atoms with E-state index in [9.17, 15) is 9.59 Å². The van der Waals surface area contributed by atoms with Gasteiger partial charge < -0.3 is 9.42 Å². The van der Waals surface area contributed by atoms with Crippen LogP contribution in [0, 0.1) is 13.8 Å². The number of nitrogens with zero attached hydrogens (tertiary/aromatic N) is 5. The van der Waals surface area contributed by atoms with Gasteiger partial charge in [0.15, 0.2) is 5.82 Å². The van der Waals surface area contributed by atoms with Crippen LogP contribution in [-0.4, -0.2) is 32.1 Å². The lowest BCUT2D eigenvalue weighted by Crippen LogP contribution is -2.24. The zero-order valence-electron chi connectivity index (χ0n) is 17.3. The highest BCUT2D eigenvalue weighted by Crippen LogP contribution is 2.31. The van der Waals surface area contributed by atoms with Gasteiger partial charge in [0.05, 0.1) is 29.7 Å². The van der Waals surface area contributed by atoms with E-state index in [0.717, 1.165) is 11.3 Å². The van der Waals surface area contributed by atoms with Crippen LogP contribution in [0.3, 0.4) is 0 Å². The second kappa shape index (κ2) is 7.46. The van der Waals surface area contributed by atoms with Crippen LogP contribution in [0.5, 0.6) is 0 Å². The molecule has 1 saturated heterocycles. The summed E-state index contributed by atoms with van der Waals surface area (Å²) < 4.78 is 6.90. The molecule has 4 aromatic rings. The third kappa shape index (κ3) is 3.50. The molecule has 0 spiro atoms. The molecule has 0 bridgehead atoms. The number of rotatable bonds is 4. The van der Waals surface area contributed by atoms with Crippen molar-refractivity contribution in [1.29, 1.82) is 0 Å². The molecule has 1 fully saturated rings. The Morgan fingerprint density at radius 2 is 1.94 bits per heavy atom. The molecule has 8 nitrogen and oxygen atoms in total. The van der Waals surface area contributed by atoms with Crippen LogP contribution in [0.25, 0.3) is 10.9 Å². The van der Waals surface area contributed by atoms with Gasteiger partial charge in [-0.2, -0.15) is 4.98 Å². The summed E-state index contributed by atoms with van der Waals surface area (Å²) in [6, 6.07) is 13.2. The van der Waals surface area contributed by atoms with E-state index < -0.39 is 0 Å². The van der Waals surface area contributed by atoms with Crippen molar-refractivity contribution in [2.45, 2.75) is 32.7 Å². The van der Waals surface area contributed by atoms with Gasteiger partial charge in [-0.05, 0) is 49.2 Å². The third-order valence-corrected chi connectivity index (χ3v) is 5.80. The van der Waals surface area contributed by atoms with Crippen LogP contribution in [0.4, 0.5) is 5.69 Å². The number of hydrogen-bond donors (Lipinski definition) is 0. The predicted octanol–water partition coefficient (Wildman–Crippen LogP) is 2.97. The standard InChI is InChI=1S/C23H21N5O3/c1-14-7-8-17(9-15(14)2)28-11-16(10-21(28)29)22-25-20(26-31-22)12-27-13-24-19-6-4-3-5-18(19)23(27)30/h3-9,13,16H,10-12H2,1-2H3/t16-/m0/s1.